The van der Waals surface area contributed by atoms with Crippen LogP contribution in [0.3, 0.4) is 0 Å². The predicted molar refractivity (Wildman–Crippen MR) is 120 cm³/mol. The van der Waals surface area contributed by atoms with Crippen molar-refractivity contribution < 1.29 is 4.74 Å². The number of hydrogen-bond acceptors (Lipinski definition) is 6. The molecule has 30 heavy (non-hydrogen) atoms. The third-order valence-corrected chi connectivity index (χ3v) is 4.75. The molecule has 0 radical (unpaired) electrons. The molecule has 0 aliphatic rings. The van der Waals surface area contributed by atoms with Crippen LogP contribution in [0, 0.1) is 0 Å². The predicted octanol–water partition coefficient (Wildman–Crippen LogP) is 5.62. The summed E-state index contributed by atoms with van der Waals surface area (Å²) in [6, 6.07) is 21.3. The molecule has 0 bridgehead atoms. The zero-order chi connectivity index (χ0) is 20.3. The van der Waals surface area contributed by atoms with E-state index in [9.17, 15) is 0 Å². The second-order valence-corrected chi connectivity index (χ2v) is 7.15. The number of nitrogens with zero attached hydrogens (tertiary/aromatic N) is 4. The average Bonchev–Trinajstić information content (AvgIpc) is 3.19. The Morgan fingerprint density at radius 3 is 2.47 bits per heavy atom. The number of ether oxygens (including phenoxy) is 1. The van der Waals surface area contributed by atoms with Gasteiger partial charge in [-0.1, -0.05) is 18.2 Å². The minimum absolute atomic E-state index is 0.718. The quantitative estimate of drug-likeness (QED) is 0.368. The second kappa shape index (κ2) is 7.88. The molecule has 2 aromatic carbocycles. The van der Waals surface area contributed by atoms with Crippen LogP contribution in [0.25, 0.3) is 16.8 Å². The highest BCUT2D eigenvalue weighted by Gasteiger charge is 2.10. The molecule has 0 saturated heterocycles. The third-order valence-electron chi connectivity index (χ3n) is 4.51. The van der Waals surface area contributed by atoms with Crippen molar-refractivity contribution in [3.63, 3.8) is 0 Å². The molecule has 0 amide bonds. The van der Waals surface area contributed by atoms with Gasteiger partial charge in [-0.25, -0.2) is 9.50 Å². The topological polar surface area (TPSA) is 64.3 Å². The first kappa shape index (κ1) is 18.2. The number of benzene rings is 2. The second-order valence-electron chi connectivity index (χ2n) is 6.64. The summed E-state index contributed by atoms with van der Waals surface area (Å²) >= 11 is 4.37. The molecule has 1 N–H and O–H groups in total. The minimum Gasteiger partial charge on any atom is -0.457 e. The standard InChI is InChI=1S/C23H17N5OS/c30-20-12-16(13-24-14-20)21-15-25-28-11-10-22(27-23(21)28)26-17-6-8-19(9-7-17)29-18-4-2-1-3-5-18/h1-15,30H,(H,26,27). The summed E-state index contributed by atoms with van der Waals surface area (Å²) in [5, 5.41) is 7.71. The van der Waals surface area contributed by atoms with Gasteiger partial charge in [0.1, 0.15) is 17.3 Å². The lowest BCUT2D eigenvalue weighted by atomic mass is 10.1. The molecule has 5 aromatic rings. The van der Waals surface area contributed by atoms with Gasteiger partial charge in [-0.3, -0.25) is 4.98 Å². The Kier molecular flexibility index (Phi) is 4.78. The van der Waals surface area contributed by atoms with Crippen LogP contribution in [-0.4, -0.2) is 19.6 Å². The molecule has 0 spiro atoms. The maximum atomic E-state index is 5.84. The molecule has 0 aliphatic heterocycles. The third kappa shape index (κ3) is 3.83. The summed E-state index contributed by atoms with van der Waals surface area (Å²) in [6.07, 6.45) is 7.14. The van der Waals surface area contributed by atoms with Crippen molar-refractivity contribution >= 4 is 29.8 Å². The Labute approximate surface area is 178 Å². The van der Waals surface area contributed by atoms with Gasteiger partial charge in [0.2, 0.25) is 0 Å². The molecule has 6 nitrogen and oxygen atoms in total. The van der Waals surface area contributed by atoms with Gasteiger partial charge in [-0.15, -0.1) is 12.6 Å². The summed E-state index contributed by atoms with van der Waals surface area (Å²) in [4.78, 5) is 9.73. The molecule has 0 saturated carbocycles. The van der Waals surface area contributed by atoms with Crippen LogP contribution in [0.2, 0.25) is 0 Å². The molecule has 146 valence electrons. The lowest BCUT2D eigenvalue weighted by Gasteiger charge is -2.09. The van der Waals surface area contributed by atoms with E-state index in [4.69, 9.17) is 9.72 Å². The molecular formula is C23H17N5OS. The van der Waals surface area contributed by atoms with Crippen molar-refractivity contribution in [1.82, 2.24) is 19.6 Å². The molecule has 3 heterocycles. The maximum Gasteiger partial charge on any atom is 0.165 e. The molecule has 0 unspecified atom stereocenters. The van der Waals surface area contributed by atoms with Crippen LogP contribution < -0.4 is 10.1 Å². The fourth-order valence-corrected chi connectivity index (χ4v) is 3.30. The highest BCUT2D eigenvalue weighted by atomic mass is 32.1. The summed E-state index contributed by atoms with van der Waals surface area (Å²) in [5.41, 5.74) is 3.47. The Bertz CT molecular complexity index is 1300. The maximum absolute atomic E-state index is 5.84. The molecule has 7 heteroatoms. The van der Waals surface area contributed by atoms with Crippen molar-refractivity contribution in [2.24, 2.45) is 0 Å². The highest BCUT2D eigenvalue weighted by Crippen LogP contribution is 2.27. The SMILES string of the molecule is Sc1cncc(-c2cnn3ccc(Nc4ccc(Oc5ccccc5)cc4)nc23)c1. The van der Waals surface area contributed by atoms with Crippen molar-refractivity contribution in [1.29, 1.82) is 0 Å². The first-order valence-electron chi connectivity index (χ1n) is 9.33. The highest BCUT2D eigenvalue weighted by molar-refractivity contribution is 7.80. The van der Waals surface area contributed by atoms with E-state index in [1.54, 1.807) is 23.1 Å². The number of para-hydroxylation sites is 1. The van der Waals surface area contributed by atoms with E-state index >= 15 is 0 Å². The molecule has 3 aromatic heterocycles. The largest absolute Gasteiger partial charge is 0.457 e. The van der Waals surface area contributed by atoms with Crippen molar-refractivity contribution in [2.45, 2.75) is 4.90 Å². The van der Waals surface area contributed by atoms with Gasteiger partial charge in [-0.2, -0.15) is 5.10 Å². The summed E-state index contributed by atoms with van der Waals surface area (Å²) in [6.45, 7) is 0. The van der Waals surface area contributed by atoms with Crippen molar-refractivity contribution in [2.75, 3.05) is 5.32 Å². The first-order chi connectivity index (χ1) is 14.7. The number of hydrogen-bond donors (Lipinski definition) is 2. The van der Waals surface area contributed by atoms with E-state index in [1.165, 1.54) is 0 Å². The summed E-state index contributed by atoms with van der Waals surface area (Å²) < 4.78 is 7.58. The van der Waals surface area contributed by atoms with E-state index in [-0.39, 0.29) is 0 Å². The smallest absolute Gasteiger partial charge is 0.165 e. The molecular weight excluding hydrogens is 394 g/mol. The van der Waals surface area contributed by atoms with Crippen LogP contribution >= 0.6 is 12.6 Å². The van der Waals surface area contributed by atoms with Gasteiger partial charge in [0.25, 0.3) is 0 Å². The van der Waals surface area contributed by atoms with Gasteiger partial charge in [-0.05, 0) is 48.5 Å². The van der Waals surface area contributed by atoms with E-state index in [2.05, 4.69) is 28.0 Å². The number of thiol groups is 1. The first-order valence-corrected chi connectivity index (χ1v) is 9.78. The molecule has 5 rings (SSSR count). The van der Waals surface area contributed by atoms with Crippen LogP contribution in [0.15, 0.2) is 96.4 Å². The van der Waals surface area contributed by atoms with Crippen LogP contribution in [0.1, 0.15) is 0 Å². The number of rotatable bonds is 5. The fraction of sp³-hybridized carbons (Fsp3) is 0. The minimum atomic E-state index is 0.718. The summed E-state index contributed by atoms with van der Waals surface area (Å²) in [5.74, 6) is 2.29. The number of nitrogens with one attached hydrogen (secondary N) is 1. The Hall–Kier alpha value is -3.84. The van der Waals surface area contributed by atoms with Crippen LogP contribution in [0.5, 0.6) is 11.5 Å². The fourth-order valence-electron chi connectivity index (χ4n) is 3.10. The average molecular weight is 411 g/mol. The molecule has 0 fully saturated rings. The van der Waals surface area contributed by atoms with Gasteiger partial charge in [0.15, 0.2) is 5.65 Å². The number of pyridine rings is 1. The van der Waals surface area contributed by atoms with E-state index in [1.807, 2.05) is 72.9 Å². The van der Waals surface area contributed by atoms with E-state index < -0.39 is 0 Å². The zero-order valence-electron chi connectivity index (χ0n) is 15.8. The Morgan fingerprint density at radius 2 is 1.67 bits per heavy atom. The van der Waals surface area contributed by atoms with Gasteiger partial charge < -0.3 is 10.1 Å². The monoisotopic (exact) mass is 411 g/mol. The zero-order valence-corrected chi connectivity index (χ0v) is 16.7. The van der Waals surface area contributed by atoms with Crippen LogP contribution in [0.4, 0.5) is 11.5 Å². The lowest BCUT2D eigenvalue weighted by molar-refractivity contribution is 0.483. The van der Waals surface area contributed by atoms with Crippen LogP contribution in [-0.2, 0) is 0 Å². The number of aromatic nitrogens is 4. The van der Waals surface area contributed by atoms with Gasteiger partial charge in [0.05, 0.1) is 6.20 Å². The van der Waals surface area contributed by atoms with E-state index in [0.717, 1.165) is 44.7 Å². The van der Waals surface area contributed by atoms with E-state index in [0.29, 0.717) is 0 Å². The van der Waals surface area contributed by atoms with Crippen molar-refractivity contribution in [3.05, 3.63) is 91.5 Å². The lowest BCUT2D eigenvalue weighted by Crippen LogP contribution is -1.97. The van der Waals surface area contributed by atoms with Crippen molar-refractivity contribution in [3.8, 4) is 22.6 Å². The normalized spacial score (nSPS) is 10.8. The molecule has 0 aliphatic carbocycles. The molecule has 0 atom stereocenters. The Morgan fingerprint density at radius 1 is 0.867 bits per heavy atom. The van der Waals surface area contributed by atoms with Gasteiger partial charge >= 0.3 is 0 Å². The number of anilines is 2. The Balaban J connectivity index is 1.38. The van der Waals surface area contributed by atoms with Gasteiger partial charge in [0, 0.05) is 40.3 Å². The summed E-state index contributed by atoms with van der Waals surface area (Å²) in [7, 11) is 0. The number of fused-ring (bicyclic) bond motifs is 1.